The highest BCUT2D eigenvalue weighted by Crippen LogP contribution is 2.32. The van der Waals surface area contributed by atoms with E-state index in [0.29, 0.717) is 29.4 Å². The van der Waals surface area contributed by atoms with Gasteiger partial charge in [0.15, 0.2) is 23.0 Å². The fourth-order valence-electron chi connectivity index (χ4n) is 2.63. The van der Waals surface area contributed by atoms with E-state index in [0.717, 1.165) is 16.9 Å². The minimum Gasteiger partial charge on any atom is -0.493 e. The van der Waals surface area contributed by atoms with E-state index in [2.05, 4.69) is 5.32 Å². The maximum absolute atomic E-state index is 12.3. The fourth-order valence-corrected chi connectivity index (χ4v) is 2.63. The van der Waals surface area contributed by atoms with Gasteiger partial charge in [-0.2, -0.15) is 0 Å². The number of fused-ring (bicyclic) bond motifs is 1. The number of carbonyl (C=O) groups is 1. The molecule has 1 aliphatic heterocycles. The Hall–Kier alpha value is -3.15. The third-order valence-corrected chi connectivity index (χ3v) is 4.04. The Morgan fingerprint density at radius 3 is 2.62 bits per heavy atom. The number of ether oxygens (including phenoxy) is 4. The van der Waals surface area contributed by atoms with Crippen LogP contribution in [0.3, 0.4) is 0 Å². The van der Waals surface area contributed by atoms with Crippen LogP contribution < -0.4 is 24.3 Å². The second-order valence-corrected chi connectivity index (χ2v) is 5.81. The van der Waals surface area contributed by atoms with E-state index >= 15 is 0 Å². The summed E-state index contributed by atoms with van der Waals surface area (Å²) in [6, 6.07) is 11.1. The summed E-state index contributed by atoms with van der Waals surface area (Å²) in [4.78, 5) is 12.3. The first-order valence-corrected chi connectivity index (χ1v) is 8.17. The molecule has 3 rings (SSSR count). The molecule has 0 atom stereocenters. The molecule has 0 spiro atoms. The molecule has 0 aliphatic carbocycles. The summed E-state index contributed by atoms with van der Waals surface area (Å²) in [7, 11) is 3.17. The van der Waals surface area contributed by atoms with Crippen LogP contribution in [0.4, 0.5) is 0 Å². The largest absolute Gasteiger partial charge is 0.493 e. The summed E-state index contributed by atoms with van der Waals surface area (Å²) in [5.74, 6) is 2.56. The highest BCUT2D eigenvalue weighted by molar-refractivity contribution is 5.97. The van der Waals surface area contributed by atoms with Crippen molar-refractivity contribution in [3.05, 3.63) is 53.1 Å². The molecule has 0 aromatic heterocycles. The van der Waals surface area contributed by atoms with Crippen molar-refractivity contribution < 1.29 is 23.7 Å². The molecule has 1 N–H and O–H groups in total. The molecule has 136 valence electrons. The van der Waals surface area contributed by atoms with Crippen LogP contribution in [-0.2, 0) is 11.3 Å². The quantitative estimate of drug-likeness (QED) is 0.807. The Morgan fingerprint density at radius 2 is 1.85 bits per heavy atom. The van der Waals surface area contributed by atoms with Crippen molar-refractivity contribution in [2.45, 2.75) is 13.5 Å². The highest BCUT2D eigenvalue weighted by atomic mass is 16.7. The topological polar surface area (TPSA) is 66.0 Å². The highest BCUT2D eigenvalue weighted by Gasteiger charge is 2.13. The normalized spacial score (nSPS) is 12.7. The number of carbonyl (C=O) groups excluding carboxylic acids is 1. The number of hydrogen-bond acceptors (Lipinski definition) is 5. The number of benzene rings is 2. The van der Waals surface area contributed by atoms with Gasteiger partial charge in [-0.1, -0.05) is 12.1 Å². The fraction of sp³-hybridized carbons (Fsp3) is 0.250. The molecule has 0 radical (unpaired) electrons. The van der Waals surface area contributed by atoms with Gasteiger partial charge in [0, 0.05) is 12.1 Å². The second-order valence-electron chi connectivity index (χ2n) is 5.81. The predicted molar refractivity (Wildman–Crippen MR) is 97.6 cm³/mol. The smallest absolute Gasteiger partial charge is 0.247 e. The molecule has 26 heavy (non-hydrogen) atoms. The Morgan fingerprint density at radius 1 is 1.08 bits per heavy atom. The van der Waals surface area contributed by atoms with Crippen molar-refractivity contribution in [2.75, 3.05) is 21.0 Å². The number of methoxy groups -OCH3 is 2. The van der Waals surface area contributed by atoms with E-state index in [4.69, 9.17) is 18.9 Å². The lowest BCUT2D eigenvalue weighted by Gasteiger charge is -2.09. The average molecular weight is 355 g/mol. The van der Waals surface area contributed by atoms with Crippen LogP contribution in [0, 0.1) is 0 Å². The van der Waals surface area contributed by atoms with E-state index in [1.54, 1.807) is 27.2 Å². The Labute approximate surface area is 152 Å². The molecule has 0 saturated carbocycles. The molecule has 2 aromatic carbocycles. The van der Waals surface area contributed by atoms with Gasteiger partial charge in [-0.3, -0.25) is 4.79 Å². The number of amides is 1. The van der Waals surface area contributed by atoms with E-state index < -0.39 is 0 Å². The molecular weight excluding hydrogens is 334 g/mol. The van der Waals surface area contributed by atoms with E-state index in [1.165, 1.54) is 0 Å². The summed E-state index contributed by atoms with van der Waals surface area (Å²) in [6.07, 6.45) is 1.80. The second kappa shape index (κ2) is 7.82. The lowest BCUT2D eigenvalue weighted by molar-refractivity contribution is -0.117. The Balaban J connectivity index is 1.64. The van der Waals surface area contributed by atoms with Gasteiger partial charge in [0.2, 0.25) is 12.7 Å². The molecule has 0 saturated heterocycles. The van der Waals surface area contributed by atoms with Crippen LogP contribution in [0.15, 0.2) is 42.0 Å². The first-order chi connectivity index (χ1) is 12.6. The summed E-state index contributed by atoms with van der Waals surface area (Å²) < 4.78 is 21.1. The maximum Gasteiger partial charge on any atom is 0.247 e. The van der Waals surface area contributed by atoms with Crippen molar-refractivity contribution in [1.29, 1.82) is 0 Å². The lowest BCUT2D eigenvalue weighted by atomic mass is 10.1. The van der Waals surface area contributed by atoms with Crippen molar-refractivity contribution in [3.63, 3.8) is 0 Å². The van der Waals surface area contributed by atoms with Crippen LogP contribution in [-0.4, -0.2) is 26.9 Å². The molecule has 2 aromatic rings. The summed E-state index contributed by atoms with van der Waals surface area (Å²) in [5.41, 5.74) is 2.40. The van der Waals surface area contributed by atoms with Crippen molar-refractivity contribution in [1.82, 2.24) is 5.32 Å². The monoisotopic (exact) mass is 355 g/mol. The molecule has 1 heterocycles. The van der Waals surface area contributed by atoms with E-state index in [9.17, 15) is 4.79 Å². The Kier molecular flexibility index (Phi) is 5.31. The van der Waals surface area contributed by atoms with Gasteiger partial charge < -0.3 is 24.3 Å². The zero-order chi connectivity index (χ0) is 18.5. The summed E-state index contributed by atoms with van der Waals surface area (Å²) >= 11 is 0. The number of hydrogen-bond donors (Lipinski definition) is 1. The third kappa shape index (κ3) is 3.91. The molecule has 0 bridgehead atoms. The zero-order valence-corrected chi connectivity index (χ0v) is 15.0. The minimum absolute atomic E-state index is 0.141. The minimum atomic E-state index is -0.141. The first-order valence-electron chi connectivity index (χ1n) is 8.17. The van der Waals surface area contributed by atoms with Gasteiger partial charge in [0.1, 0.15) is 0 Å². The molecule has 0 fully saturated rings. The van der Waals surface area contributed by atoms with Gasteiger partial charge in [-0.15, -0.1) is 0 Å². The molecular formula is C20H21NO5. The van der Waals surface area contributed by atoms with Crippen molar-refractivity contribution in [2.24, 2.45) is 0 Å². The average Bonchev–Trinajstić information content (AvgIpc) is 3.13. The van der Waals surface area contributed by atoms with E-state index in [-0.39, 0.29) is 12.7 Å². The number of nitrogens with one attached hydrogen (secondary N) is 1. The Bertz CT molecular complexity index is 844. The van der Waals surface area contributed by atoms with Crippen LogP contribution in [0.25, 0.3) is 6.08 Å². The van der Waals surface area contributed by atoms with Gasteiger partial charge in [-0.25, -0.2) is 0 Å². The van der Waals surface area contributed by atoms with Gasteiger partial charge >= 0.3 is 0 Å². The van der Waals surface area contributed by atoms with Gasteiger partial charge in [0.05, 0.1) is 14.2 Å². The third-order valence-electron chi connectivity index (χ3n) is 4.04. The molecule has 0 unspecified atom stereocenters. The van der Waals surface area contributed by atoms with Crippen molar-refractivity contribution >= 4 is 12.0 Å². The number of rotatable bonds is 6. The standard InChI is InChI=1S/C20H21NO5/c1-13(8-14-4-6-16(23-2)18(9-14)24-3)20(22)21-11-15-5-7-17-19(10-15)26-12-25-17/h4-10H,11-12H2,1-3H3,(H,21,22)/b13-8+. The first kappa shape index (κ1) is 17.7. The predicted octanol–water partition coefficient (Wildman–Crippen LogP) is 3.15. The van der Waals surface area contributed by atoms with Crippen molar-refractivity contribution in [3.8, 4) is 23.0 Å². The van der Waals surface area contributed by atoms with Gasteiger partial charge in [-0.05, 0) is 48.4 Å². The summed E-state index contributed by atoms with van der Waals surface area (Å²) in [6.45, 7) is 2.41. The molecule has 1 aliphatic rings. The van der Waals surface area contributed by atoms with Gasteiger partial charge in [0.25, 0.3) is 0 Å². The molecule has 1 amide bonds. The van der Waals surface area contributed by atoms with Crippen LogP contribution in [0.2, 0.25) is 0 Å². The van der Waals surface area contributed by atoms with Crippen LogP contribution in [0.1, 0.15) is 18.1 Å². The SMILES string of the molecule is COc1ccc(/C=C(\C)C(=O)NCc2ccc3c(c2)OCO3)cc1OC. The van der Waals surface area contributed by atoms with Crippen LogP contribution in [0.5, 0.6) is 23.0 Å². The zero-order valence-electron chi connectivity index (χ0n) is 15.0. The lowest BCUT2D eigenvalue weighted by Crippen LogP contribution is -2.23. The maximum atomic E-state index is 12.3. The van der Waals surface area contributed by atoms with E-state index in [1.807, 2.05) is 36.4 Å². The summed E-state index contributed by atoms with van der Waals surface area (Å²) in [5, 5.41) is 2.90. The molecule has 6 heteroatoms. The van der Waals surface area contributed by atoms with Crippen LogP contribution >= 0.6 is 0 Å². The molecule has 6 nitrogen and oxygen atoms in total.